The third-order valence-electron chi connectivity index (χ3n) is 7.91. The summed E-state index contributed by atoms with van der Waals surface area (Å²) in [5.74, 6) is 1.28. The number of ether oxygens (including phenoxy) is 1. The van der Waals surface area contributed by atoms with E-state index in [1.54, 1.807) is 18.2 Å². The number of benzene rings is 4. The third-order valence-corrected chi connectivity index (χ3v) is 9.64. The SMILES string of the molecule is COc1ccc(C2CC(c3ccccc3)=NN2C(=O)CSc2nnc(-c3ccc(C(C)(C)C)cc3)n2-c2cccc(Cl)c2Cl)cc1. The average Bonchev–Trinajstić information content (AvgIpc) is 3.70. The van der Waals surface area contributed by atoms with Crippen LogP contribution in [0.5, 0.6) is 5.75 Å². The normalized spacial score (nSPS) is 14.8. The second kappa shape index (κ2) is 13.3. The summed E-state index contributed by atoms with van der Waals surface area (Å²) in [6.07, 6.45) is 0.593. The van der Waals surface area contributed by atoms with Crippen LogP contribution in [0.1, 0.15) is 49.9 Å². The highest BCUT2D eigenvalue weighted by atomic mass is 35.5. The van der Waals surface area contributed by atoms with Crippen LogP contribution in [0.25, 0.3) is 17.1 Å². The Labute approximate surface area is 283 Å². The van der Waals surface area contributed by atoms with Crippen molar-refractivity contribution in [3.63, 3.8) is 0 Å². The number of hydrazone groups is 1. The lowest BCUT2D eigenvalue weighted by atomic mass is 9.87. The summed E-state index contributed by atoms with van der Waals surface area (Å²) in [6.45, 7) is 6.53. The quantitative estimate of drug-likeness (QED) is 0.154. The van der Waals surface area contributed by atoms with E-state index in [2.05, 4.69) is 43.1 Å². The van der Waals surface area contributed by atoms with Crippen molar-refractivity contribution in [2.24, 2.45) is 5.10 Å². The molecule has 0 saturated heterocycles. The van der Waals surface area contributed by atoms with Crippen LogP contribution in [0.15, 0.2) is 107 Å². The van der Waals surface area contributed by atoms with Crippen LogP contribution in [0.3, 0.4) is 0 Å². The predicted octanol–water partition coefficient (Wildman–Crippen LogP) is 9.02. The fourth-order valence-electron chi connectivity index (χ4n) is 5.38. The lowest BCUT2D eigenvalue weighted by molar-refractivity contribution is -0.130. The molecule has 1 aliphatic heterocycles. The molecule has 1 aromatic heterocycles. The van der Waals surface area contributed by atoms with Crippen molar-refractivity contribution >= 4 is 46.6 Å². The molecule has 234 valence electrons. The van der Waals surface area contributed by atoms with Crippen LogP contribution in [0, 0.1) is 0 Å². The van der Waals surface area contributed by atoms with Crippen molar-refractivity contribution in [3.05, 3.63) is 124 Å². The molecule has 1 aliphatic rings. The number of methoxy groups -OCH3 is 1. The van der Waals surface area contributed by atoms with Gasteiger partial charge in [0.2, 0.25) is 0 Å². The van der Waals surface area contributed by atoms with E-state index in [1.165, 1.54) is 17.3 Å². The summed E-state index contributed by atoms with van der Waals surface area (Å²) in [5.41, 5.74) is 5.53. The highest BCUT2D eigenvalue weighted by Crippen LogP contribution is 2.37. The molecule has 46 heavy (non-hydrogen) atoms. The molecule has 0 N–H and O–H groups in total. The molecule has 0 fully saturated rings. The molecule has 10 heteroatoms. The van der Waals surface area contributed by atoms with Gasteiger partial charge >= 0.3 is 0 Å². The van der Waals surface area contributed by atoms with Crippen molar-refractivity contribution in [2.45, 2.75) is 43.8 Å². The zero-order chi connectivity index (χ0) is 32.4. The van der Waals surface area contributed by atoms with Crippen LogP contribution in [0.4, 0.5) is 0 Å². The Balaban J connectivity index is 1.33. The summed E-state index contributed by atoms with van der Waals surface area (Å²) in [6, 6.07) is 31.1. The van der Waals surface area contributed by atoms with Crippen LogP contribution in [-0.4, -0.2) is 44.3 Å². The van der Waals surface area contributed by atoms with E-state index < -0.39 is 0 Å². The van der Waals surface area contributed by atoms with Crippen LogP contribution < -0.4 is 4.74 Å². The van der Waals surface area contributed by atoms with Crippen LogP contribution in [-0.2, 0) is 10.2 Å². The highest BCUT2D eigenvalue weighted by Gasteiger charge is 2.33. The molecule has 0 bridgehead atoms. The molecule has 0 saturated carbocycles. The Bertz CT molecular complexity index is 1890. The smallest absolute Gasteiger partial charge is 0.253 e. The minimum atomic E-state index is -0.258. The fourth-order valence-corrected chi connectivity index (χ4v) is 6.55. The molecule has 5 aromatic rings. The molecule has 1 amide bonds. The Morgan fingerprint density at radius 2 is 1.61 bits per heavy atom. The Morgan fingerprint density at radius 1 is 0.891 bits per heavy atom. The topological polar surface area (TPSA) is 72.6 Å². The Kier molecular flexibility index (Phi) is 9.22. The molecule has 0 aliphatic carbocycles. The number of nitrogens with zero attached hydrogens (tertiary/aromatic N) is 5. The molecular weight excluding hydrogens is 637 g/mol. The van der Waals surface area contributed by atoms with Gasteiger partial charge < -0.3 is 4.74 Å². The number of hydrogen-bond acceptors (Lipinski definition) is 6. The Hall–Kier alpha value is -4.11. The second-order valence-corrected chi connectivity index (χ2v) is 13.7. The minimum Gasteiger partial charge on any atom is -0.497 e. The Morgan fingerprint density at radius 3 is 2.28 bits per heavy atom. The van der Waals surface area contributed by atoms with Crippen molar-refractivity contribution in [1.82, 2.24) is 19.8 Å². The maximum Gasteiger partial charge on any atom is 0.253 e. The van der Waals surface area contributed by atoms with Gasteiger partial charge in [0.15, 0.2) is 11.0 Å². The van der Waals surface area contributed by atoms with Gasteiger partial charge in [-0.25, -0.2) is 5.01 Å². The van der Waals surface area contributed by atoms with Gasteiger partial charge in [-0.3, -0.25) is 9.36 Å². The molecule has 7 nitrogen and oxygen atoms in total. The zero-order valence-corrected chi connectivity index (χ0v) is 28.3. The zero-order valence-electron chi connectivity index (χ0n) is 25.9. The van der Waals surface area contributed by atoms with E-state index in [0.29, 0.717) is 33.1 Å². The van der Waals surface area contributed by atoms with E-state index in [9.17, 15) is 4.79 Å². The maximum atomic E-state index is 13.9. The first kappa shape index (κ1) is 31.9. The van der Waals surface area contributed by atoms with Crippen molar-refractivity contribution in [3.8, 4) is 22.8 Å². The molecular formula is C36H33Cl2N5O2S. The van der Waals surface area contributed by atoms with Gasteiger partial charge in [-0.1, -0.05) is 129 Å². The van der Waals surface area contributed by atoms with E-state index in [-0.39, 0.29) is 23.1 Å². The number of aromatic nitrogens is 3. The van der Waals surface area contributed by atoms with Crippen LogP contribution in [0.2, 0.25) is 10.0 Å². The minimum absolute atomic E-state index is 0.00590. The fraction of sp³-hybridized carbons (Fsp3) is 0.222. The largest absolute Gasteiger partial charge is 0.497 e. The van der Waals surface area contributed by atoms with Crippen LogP contribution >= 0.6 is 35.0 Å². The molecule has 6 rings (SSSR count). The third kappa shape index (κ3) is 6.56. The van der Waals surface area contributed by atoms with E-state index >= 15 is 0 Å². The van der Waals surface area contributed by atoms with Gasteiger partial charge in [0.1, 0.15) is 5.75 Å². The van der Waals surface area contributed by atoms with Gasteiger partial charge in [-0.15, -0.1) is 10.2 Å². The first-order valence-electron chi connectivity index (χ1n) is 14.9. The molecule has 0 spiro atoms. The number of amides is 1. The monoisotopic (exact) mass is 669 g/mol. The highest BCUT2D eigenvalue weighted by molar-refractivity contribution is 7.99. The van der Waals surface area contributed by atoms with Crippen molar-refractivity contribution in [2.75, 3.05) is 12.9 Å². The summed E-state index contributed by atoms with van der Waals surface area (Å²) >= 11 is 14.5. The van der Waals surface area contributed by atoms with E-state index in [4.69, 9.17) is 33.0 Å². The molecule has 0 radical (unpaired) electrons. The average molecular weight is 671 g/mol. The lowest BCUT2D eigenvalue weighted by Crippen LogP contribution is -2.28. The summed E-state index contributed by atoms with van der Waals surface area (Å²) in [5, 5.41) is 16.8. The lowest BCUT2D eigenvalue weighted by Gasteiger charge is -2.22. The van der Waals surface area contributed by atoms with Gasteiger partial charge in [-0.05, 0) is 46.4 Å². The number of carbonyl (C=O) groups excluding carboxylic acids is 1. The number of halogens is 2. The number of hydrogen-bond donors (Lipinski definition) is 0. The second-order valence-electron chi connectivity index (χ2n) is 12.0. The van der Waals surface area contributed by atoms with Gasteiger partial charge in [-0.2, -0.15) is 5.10 Å². The number of thioether (sulfide) groups is 1. The standard InChI is InChI=1S/C36H33Cl2N5O2S/c1-36(2,3)26-17-13-25(14-18-26)34-39-40-35(42(34)30-12-8-11-28(37)33(30)38)46-22-32(44)43-31(24-15-19-27(45-4)20-16-24)21-29(41-43)23-9-6-5-7-10-23/h5-20,31H,21-22H2,1-4H3. The van der Waals surface area contributed by atoms with Gasteiger partial charge in [0, 0.05) is 12.0 Å². The summed E-state index contributed by atoms with van der Waals surface area (Å²) in [4.78, 5) is 13.9. The summed E-state index contributed by atoms with van der Waals surface area (Å²) in [7, 11) is 1.63. The van der Waals surface area contributed by atoms with E-state index in [0.717, 1.165) is 28.2 Å². The van der Waals surface area contributed by atoms with Crippen molar-refractivity contribution < 1.29 is 9.53 Å². The van der Waals surface area contributed by atoms with Crippen molar-refractivity contribution in [1.29, 1.82) is 0 Å². The molecule has 2 heterocycles. The maximum absolute atomic E-state index is 13.9. The molecule has 1 atom stereocenters. The first-order valence-corrected chi connectivity index (χ1v) is 16.6. The summed E-state index contributed by atoms with van der Waals surface area (Å²) < 4.78 is 7.22. The van der Waals surface area contributed by atoms with Gasteiger partial charge in [0.25, 0.3) is 5.91 Å². The first-order chi connectivity index (χ1) is 22.1. The number of rotatable bonds is 8. The molecule has 4 aromatic carbocycles. The van der Waals surface area contributed by atoms with Gasteiger partial charge in [0.05, 0.1) is 40.3 Å². The number of carbonyl (C=O) groups is 1. The molecule has 1 unspecified atom stereocenters. The predicted molar refractivity (Wildman–Crippen MR) is 186 cm³/mol. The van der Waals surface area contributed by atoms with E-state index in [1.807, 2.05) is 83.4 Å².